The second-order valence-electron chi connectivity index (χ2n) is 6.43. The number of carbonyl (C=O) groups is 1. The Labute approximate surface area is 120 Å². The summed E-state index contributed by atoms with van der Waals surface area (Å²) in [6, 6.07) is 6.05. The van der Waals surface area contributed by atoms with E-state index >= 15 is 0 Å². The van der Waals surface area contributed by atoms with Gasteiger partial charge in [-0.25, -0.2) is 0 Å². The summed E-state index contributed by atoms with van der Waals surface area (Å²) < 4.78 is 0. The molecule has 1 amide bonds. The predicted octanol–water partition coefficient (Wildman–Crippen LogP) is 3.33. The van der Waals surface area contributed by atoms with Crippen LogP contribution in [0.4, 0.5) is 5.69 Å². The number of rotatable bonds is 1. The predicted molar refractivity (Wildman–Crippen MR) is 81.7 cm³/mol. The fourth-order valence-corrected chi connectivity index (χ4v) is 3.82. The van der Waals surface area contributed by atoms with Crippen molar-refractivity contribution in [3.05, 3.63) is 29.3 Å². The molecule has 3 heteroatoms. The molecule has 3 N–H and O–H groups in total. The van der Waals surface area contributed by atoms with Gasteiger partial charge in [-0.2, -0.15) is 0 Å². The maximum Gasteiger partial charge on any atom is 0.241 e. The van der Waals surface area contributed by atoms with Gasteiger partial charge < -0.3 is 11.1 Å². The fourth-order valence-electron chi connectivity index (χ4n) is 3.82. The number of aryl methyl sites for hydroxylation is 1. The third kappa shape index (κ3) is 2.59. The maximum absolute atomic E-state index is 12.1. The number of carbonyl (C=O) groups excluding carboxylic acids is 1. The van der Waals surface area contributed by atoms with Crippen LogP contribution in [0.5, 0.6) is 0 Å². The van der Waals surface area contributed by atoms with Crippen molar-refractivity contribution in [3.8, 4) is 0 Å². The van der Waals surface area contributed by atoms with E-state index in [1.165, 1.54) is 43.2 Å². The molecular weight excluding hydrogens is 248 g/mol. The van der Waals surface area contributed by atoms with Crippen LogP contribution in [0.25, 0.3) is 0 Å². The Balaban J connectivity index is 1.97. The summed E-state index contributed by atoms with van der Waals surface area (Å²) in [5.74, 6) is 1.08. The van der Waals surface area contributed by atoms with E-state index in [9.17, 15) is 4.79 Å². The molecule has 2 atom stereocenters. The molecule has 0 bridgehead atoms. The summed E-state index contributed by atoms with van der Waals surface area (Å²) in [4.78, 5) is 12.1. The van der Waals surface area contributed by atoms with Crippen LogP contribution >= 0.6 is 0 Å². The van der Waals surface area contributed by atoms with E-state index in [0.717, 1.165) is 12.1 Å². The van der Waals surface area contributed by atoms with E-state index in [2.05, 4.69) is 30.4 Å². The normalized spacial score (nSPS) is 27.6. The number of hydrogen-bond acceptors (Lipinski definition) is 2. The largest absolute Gasteiger partial charge is 0.324 e. The number of fused-ring (bicyclic) bond motifs is 1. The average Bonchev–Trinajstić information content (AvgIpc) is 2.57. The molecule has 0 spiro atoms. The molecule has 1 aromatic carbocycles. The first-order valence-electron chi connectivity index (χ1n) is 7.82. The van der Waals surface area contributed by atoms with Crippen molar-refractivity contribution in [2.75, 3.05) is 5.32 Å². The molecule has 2 unspecified atom stereocenters. The highest BCUT2D eigenvalue weighted by molar-refractivity contribution is 5.96. The molecule has 3 nitrogen and oxygen atoms in total. The van der Waals surface area contributed by atoms with Crippen LogP contribution in [0, 0.1) is 12.8 Å². The van der Waals surface area contributed by atoms with Gasteiger partial charge in [0.2, 0.25) is 5.91 Å². The molecule has 0 aromatic heterocycles. The number of nitrogens with one attached hydrogen (secondary N) is 1. The van der Waals surface area contributed by atoms with Crippen molar-refractivity contribution >= 4 is 11.6 Å². The SMILES string of the molecule is Cc1ccc2c(c1)NC(=O)C(N)CC2C1CCCCC1. The number of anilines is 1. The molecule has 1 aliphatic heterocycles. The molecule has 0 saturated heterocycles. The van der Waals surface area contributed by atoms with Gasteiger partial charge >= 0.3 is 0 Å². The van der Waals surface area contributed by atoms with Crippen molar-refractivity contribution in [2.24, 2.45) is 11.7 Å². The number of benzene rings is 1. The van der Waals surface area contributed by atoms with Gasteiger partial charge in [-0.1, -0.05) is 31.4 Å². The molecule has 1 aliphatic carbocycles. The van der Waals surface area contributed by atoms with E-state index in [4.69, 9.17) is 5.73 Å². The van der Waals surface area contributed by atoms with Crippen molar-refractivity contribution in [3.63, 3.8) is 0 Å². The third-order valence-electron chi connectivity index (χ3n) is 4.93. The summed E-state index contributed by atoms with van der Waals surface area (Å²) in [6.07, 6.45) is 7.33. The van der Waals surface area contributed by atoms with Gasteiger partial charge in [-0.15, -0.1) is 0 Å². The van der Waals surface area contributed by atoms with Gasteiger partial charge in [-0.05, 0) is 55.2 Å². The highest BCUT2D eigenvalue weighted by Crippen LogP contribution is 2.42. The Morgan fingerprint density at radius 2 is 1.95 bits per heavy atom. The van der Waals surface area contributed by atoms with Gasteiger partial charge in [0.1, 0.15) is 0 Å². The summed E-state index contributed by atoms with van der Waals surface area (Å²) >= 11 is 0. The highest BCUT2D eigenvalue weighted by Gasteiger charge is 2.33. The van der Waals surface area contributed by atoms with Crippen molar-refractivity contribution < 1.29 is 4.79 Å². The molecule has 1 saturated carbocycles. The quantitative estimate of drug-likeness (QED) is 0.824. The first kappa shape index (κ1) is 13.6. The summed E-state index contributed by atoms with van der Waals surface area (Å²) in [5.41, 5.74) is 9.54. The molecule has 1 fully saturated rings. The monoisotopic (exact) mass is 272 g/mol. The highest BCUT2D eigenvalue weighted by atomic mass is 16.2. The van der Waals surface area contributed by atoms with E-state index in [1.807, 2.05) is 0 Å². The third-order valence-corrected chi connectivity index (χ3v) is 4.93. The average molecular weight is 272 g/mol. The maximum atomic E-state index is 12.1. The lowest BCUT2D eigenvalue weighted by atomic mass is 9.74. The molecule has 1 aromatic rings. The lowest BCUT2D eigenvalue weighted by Crippen LogP contribution is -2.35. The van der Waals surface area contributed by atoms with Crippen LogP contribution in [0.15, 0.2) is 18.2 Å². The fraction of sp³-hybridized carbons (Fsp3) is 0.588. The zero-order valence-electron chi connectivity index (χ0n) is 12.2. The Morgan fingerprint density at radius 1 is 1.20 bits per heavy atom. The van der Waals surface area contributed by atoms with Crippen LogP contribution in [-0.4, -0.2) is 11.9 Å². The lowest BCUT2D eigenvalue weighted by Gasteiger charge is -2.31. The zero-order valence-corrected chi connectivity index (χ0v) is 12.2. The van der Waals surface area contributed by atoms with E-state index < -0.39 is 0 Å². The van der Waals surface area contributed by atoms with Crippen LogP contribution < -0.4 is 11.1 Å². The first-order valence-corrected chi connectivity index (χ1v) is 7.82. The van der Waals surface area contributed by atoms with Gasteiger partial charge in [-0.3, -0.25) is 4.79 Å². The summed E-state index contributed by atoms with van der Waals surface area (Å²) in [6.45, 7) is 2.06. The van der Waals surface area contributed by atoms with Gasteiger partial charge in [0.25, 0.3) is 0 Å². The second-order valence-corrected chi connectivity index (χ2v) is 6.43. The molecule has 3 rings (SSSR count). The minimum absolute atomic E-state index is 0.0323. The molecule has 108 valence electrons. The van der Waals surface area contributed by atoms with Gasteiger partial charge in [0.05, 0.1) is 6.04 Å². The Hall–Kier alpha value is -1.35. The van der Waals surface area contributed by atoms with E-state index in [0.29, 0.717) is 11.8 Å². The van der Waals surface area contributed by atoms with Crippen molar-refractivity contribution in [2.45, 2.75) is 57.4 Å². The topological polar surface area (TPSA) is 55.1 Å². The lowest BCUT2D eigenvalue weighted by molar-refractivity contribution is -0.117. The Bertz CT molecular complexity index is 506. The van der Waals surface area contributed by atoms with Gasteiger partial charge in [0, 0.05) is 5.69 Å². The van der Waals surface area contributed by atoms with Crippen LogP contribution in [0.2, 0.25) is 0 Å². The minimum atomic E-state index is -0.380. The molecule has 1 heterocycles. The summed E-state index contributed by atoms with van der Waals surface area (Å²) in [5, 5.41) is 3.02. The molecular formula is C17H24N2O. The second kappa shape index (κ2) is 5.57. The first-order chi connectivity index (χ1) is 9.65. The number of nitrogens with two attached hydrogens (primary N) is 1. The van der Waals surface area contributed by atoms with Crippen LogP contribution in [-0.2, 0) is 4.79 Å². The Kier molecular flexibility index (Phi) is 3.79. The molecule has 0 radical (unpaired) electrons. The van der Waals surface area contributed by atoms with E-state index in [-0.39, 0.29) is 11.9 Å². The van der Waals surface area contributed by atoms with E-state index in [1.54, 1.807) is 0 Å². The van der Waals surface area contributed by atoms with Crippen LogP contribution in [0.1, 0.15) is 55.6 Å². The minimum Gasteiger partial charge on any atom is -0.324 e. The Morgan fingerprint density at radius 3 is 2.70 bits per heavy atom. The zero-order chi connectivity index (χ0) is 14.1. The van der Waals surface area contributed by atoms with Gasteiger partial charge in [0.15, 0.2) is 0 Å². The molecule has 2 aliphatic rings. The van der Waals surface area contributed by atoms with Crippen molar-refractivity contribution in [1.82, 2.24) is 0 Å². The number of amides is 1. The van der Waals surface area contributed by atoms with Crippen LogP contribution in [0.3, 0.4) is 0 Å². The molecule has 20 heavy (non-hydrogen) atoms. The van der Waals surface area contributed by atoms with Crippen molar-refractivity contribution in [1.29, 1.82) is 0 Å². The smallest absolute Gasteiger partial charge is 0.241 e. The standard InChI is InChI=1S/C17H24N2O/c1-11-7-8-13-14(12-5-3-2-4-6-12)10-15(18)17(20)19-16(13)9-11/h7-9,12,14-15H,2-6,10,18H2,1H3,(H,19,20). The number of hydrogen-bond donors (Lipinski definition) is 2. The summed E-state index contributed by atoms with van der Waals surface area (Å²) in [7, 11) is 0.